The molecule has 0 atom stereocenters. The number of halogens is 1. The maximum Gasteiger partial charge on any atom is 0.229 e. The largest absolute Gasteiger partial charge is 0.432 e. The van der Waals surface area contributed by atoms with E-state index in [-0.39, 0.29) is 0 Å². The summed E-state index contributed by atoms with van der Waals surface area (Å²) in [4.78, 5) is 18.3. The fraction of sp³-hybridized carbons (Fsp3) is 0.318. The van der Waals surface area contributed by atoms with Crippen molar-refractivity contribution in [3.63, 3.8) is 0 Å². The number of furan rings is 1. The molecule has 0 radical (unpaired) electrons. The molecule has 1 fully saturated rings. The standard InChI is InChI=1S/C22H22ClN5O/c1-14-11-15(2)26-22-18(14)19-20(29-22)21(25-13-24-19)28-9-7-27(8-10-28)12-16-5-3-4-6-17(16)23/h3-6,11,13H,7-10,12H2,1-2H3. The molecule has 3 aromatic heterocycles. The Kier molecular flexibility index (Phi) is 4.60. The van der Waals surface area contributed by atoms with Gasteiger partial charge in [-0.3, -0.25) is 4.90 Å². The summed E-state index contributed by atoms with van der Waals surface area (Å²) in [7, 11) is 0. The van der Waals surface area contributed by atoms with Gasteiger partial charge in [-0.15, -0.1) is 0 Å². The molecule has 0 unspecified atom stereocenters. The summed E-state index contributed by atoms with van der Waals surface area (Å²) in [5.41, 5.74) is 5.44. The topological polar surface area (TPSA) is 58.3 Å². The van der Waals surface area contributed by atoms with Gasteiger partial charge in [0.1, 0.15) is 11.8 Å². The van der Waals surface area contributed by atoms with E-state index >= 15 is 0 Å². The third kappa shape index (κ3) is 3.32. The number of pyridine rings is 1. The number of fused-ring (bicyclic) bond motifs is 3. The molecule has 0 spiro atoms. The Morgan fingerprint density at radius 1 is 1.07 bits per heavy atom. The van der Waals surface area contributed by atoms with Crippen LogP contribution in [0.4, 0.5) is 5.82 Å². The Labute approximate surface area is 174 Å². The maximum atomic E-state index is 6.32. The zero-order valence-electron chi connectivity index (χ0n) is 16.5. The summed E-state index contributed by atoms with van der Waals surface area (Å²) in [6.07, 6.45) is 1.63. The van der Waals surface area contributed by atoms with Crippen molar-refractivity contribution in [2.24, 2.45) is 0 Å². The van der Waals surface area contributed by atoms with Gasteiger partial charge >= 0.3 is 0 Å². The van der Waals surface area contributed by atoms with Crippen LogP contribution in [0.2, 0.25) is 5.02 Å². The van der Waals surface area contributed by atoms with Crippen LogP contribution in [0.3, 0.4) is 0 Å². The van der Waals surface area contributed by atoms with Gasteiger partial charge in [0, 0.05) is 43.4 Å². The molecule has 4 aromatic rings. The Morgan fingerprint density at radius 3 is 2.66 bits per heavy atom. The lowest BCUT2D eigenvalue weighted by Gasteiger charge is -2.35. The lowest BCUT2D eigenvalue weighted by molar-refractivity contribution is 0.249. The average Bonchev–Trinajstić information content (AvgIpc) is 3.09. The highest BCUT2D eigenvalue weighted by Gasteiger charge is 2.24. The minimum atomic E-state index is 0.636. The van der Waals surface area contributed by atoms with Crippen molar-refractivity contribution < 1.29 is 4.42 Å². The maximum absolute atomic E-state index is 6.32. The molecule has 29 heavy (non-hydrogen) atoms. The second-order valence-corrected chi connectivity index (χ2v) is 8.00. The van der Waals surface area contributed by atoms with E-state index in [4.69, 9.17) is 16.0 Å². The number of nitrogens with zero attached hydrogens (tertiary/aromatic N) is 5. The number of anilines is 1. The second kappa shape index (κ2) is 7.28. The van der Waals surface area contributed by atoms with E-state index < -0.39 is 0 Å². The first-order valence-corrected chi connectivity index (χ1v) is 10.2. The van der Waals surface area contributed by atoms with Gasteiger partial charge in [0.25, 0.3) is 0 Å². The van der Waals surface area contributed by atoms with E-state index in [1.165, 1.54) is 5.56 Å². The van der Waals surface area contributed by atoms with Crippen LogP contribution in [0.1, 0.15) is 16.8 Å². The van der Waals surface area contributed by atoms with Crippen LogP contribution >= 0.6 is 11.6 Å². The predicted octanol–water partition coefficient (Wildman–Crippen LogP) is 4.36. The number of rotatable bonds is 3. The van der Waals surface area contributed by atoms with Crippen LogP contribution in [-0.2, 0) is 6.54 Å². The Hall–Kier alpha value is -2.70. The first-order chi connectivity index (χ1) is 14.1. The summed E-state index contributed by atoms with van der Waals surface area (Å²) in [5.74, 6) is 0.849. The summed E-state index contributed by atoms with van der Waals surface area (Å²) >= 11 is 6.32. The molecule has 1 aliphatic heterocycles. The number of aromatic nitrogens is 3. The van der Waals surface area contributed by atoms with Gasteiger partial charge in [-0.25, -0.2) is 15.0 Å². The molecule has 7 heteroatoms. The molecule has 1 saturated heterocycles. The molecule has 0 amide bonds. The van der Waals surface area contributed by atoms with E-state index in [1.54, 1.807) is 6.33 Å². The van der Waals surface area contributed by atoms with Crippen molar-refractivity contribution in [3.05, 3.63) is 58.5 Å². The summed E-state index contributed by atoms with van der Waals surface area (Å²) in [6.45, 7) is 8.53. The predicted molar refractivity (Wildman–Crippen MR) is 116 cm³/mol. The highest BCUT2D eigenvalue weighted by atomic mass is 35.5. The summed E-state index contributed by atoms with van der Waals surface area (Å²) in [5, 5.41) is 1.81. The van der Waals surface area contributed by atoms with Crippen molar-refractivity contribution in [2.45, 2.75) is 20.4 Å². The lowest BCUT2D eigenvalue weighted by Crippen LogP contribution is -2.46. The van der Waals surface area contributed by atoms with Gasteiger partial charge in [0.15, 0.2) is 11.4 Å². The number of hydrogen-bond donors (Lipinski definition) is 0. The molecule has 0 bridgehead atoms. The fourth-order valence-corrected chi connectivity index (χ4v) is 4.30. The van der Waals surface area contributed by atoms with Crippen molar-refractivity contribution in [3.8, 4) is 0 Å². The van der Waals surface area contributed by atoms with Crippen LogP contribution in [0, 0.1) is 13.8 Å². The molecule has 0 N–H and O–H groups in total. The number of aryl methyl sites for hydroxylation is 2. The van der Waals surface area contributed by atoms with Crippen molar-refractivity contribution in [1.29, 1.82) is 0 Å². The third-order valence-corrected chi connectivity index (χ3v) is 5.92. The zero-order chi connectivity index (χ0) is 20.0. The van der Waals surface area contributed by atoms with E-state index in [9.17, 15) is 0 Å². The van der Waals surface area contributed by atoms with Crippen molar-refractivity contribution in [1.82, 2.24) is 19.9 Å². The summed E-state index contributed by atoms with van der Waals surface area (Å²) in [6, 6.07) is 10.1. The normalized spacial score (nSPS) is 15.5. The second-order valence-electron chi connectivity index (χ2n) is 7.59. The van der Waals surface area contributed by atoms with Gasteiger partial charge in [0.05, 0.1) is 5.39 Å². The summed E-state index contributed by atoms with van der Waals surface area (Å²) < 4.78 is 6.13. The van der Waals surface area contributed by atoms with E-state index in [0.717, 1.165) is 71.3 Å². The van der Waals surface area contributed by atoms with Gasteiger partial charge < -0.3 is 9.32 Å². The SMILES string of the molecule is Cc1cc(C)c2c(n1)oc1c(N3CCN(Cc4ccccc4Cl)CC3)ncnc12. The monoisotopic (exact) mass is 407 g/mol. The molecule has 1 aliphatic rings. The smallest absolute Gasteiger partial charge is 0.229 e. The third-order valence-electron chi connectivity index (χ3n) is 5.56. The Balaban J connectivity index is 1.41. The van der Waals surface area contributed by atoms with Crippen LogP contribution in [0.25, 0.3) is 22.2 Å². The molecular weight excluding hydrogens is 386 g/mol. The van der Waals surface area contributed by atoms with Gasteiger partial charge in [-0.05, 0) is 37.1 Å². The molecule has 148 valence electrons. The quantitative estimate of drug-likeness (QED) is 0.502. The number of hydrogen-bond acceptors (Lipinski definition) is 6. The zero-order valence-corrected chi connectivity index (χ0v) is 17.3. The molecule has 5 rings (SSSR count). The average molecular weight is 408 g/mol. The van der Waals surface area contributed by atoms with Crippen LogP contribution in [0.15, 0.2) is 41.1 Å². The minimum Gasteiger partial charge on any atom is -0.432 e. The van der Waals surface area contributed by atoms with Crippen LogP contribution in [-0.4, -0.2) is 46.0 Å². The molecule has 6 nitrogen and oxygen atoms in total. The Morgan fingerprint density at radius 2 is 1.86 bits per heavy atom. The Bertz CT molecular complexity index is 1200. The highest BCUT2D eigenvalue weighted by Crippen LogP contribution is 2.33. The first-order valence-electron chi connectivity index (χ1n) is 9.82. The molecule has 0 aliphatic carbocycles. The van der Waals surface area contributed by atoms with Crippen LogP contribution < -0.4 is 4.90 Å². The minimum absolute atomic E-state index is 0.636. The van der Waals surface area contributed by atoms with E-state index in [0.29, 0.717) is 5.71 Å². The van der Waals surface area contributed by atoms with Crippen molar-refractivity contribution in [2.75, 3.05) is 31.1 Å². The van der Waals surface area contributed by atoms with E-state index in [1.807, 2.05) is 25.1 Å². The van der Waals surface area contributed by atoms with Crippen molar-refractivity contribution >= 4 is 39.6 Å². The fourth-order valence-electron chi connectivity index (χ4n) is 4.11. The lowest BCUT2D eigenvalue weighted by atomic mass is 10.1. The number of benzene rings is 1. The van der Waals surface area contributed by atoms with Crippen LogP contribution in [0.5, 0.6) is 0 Å². The molecular formula is C22H22ClN5O. The van der Waals surface area contributed by atoms with E-state index in [2.05, 4.69) is 43.8 Å². The number of piperazine rings is 1. The molecule has 0 saturated carbocycles. The molecule has 1 aromatic carbocycles. The van der Waals surface area contributed by atoms with Gasteiger partial charge in [-0.1, -0.05) is 29.8 Å². The highest BCUT2D eigenvalue weighted by molar-refractivity contribution is 6.31. The van der Waals surface area contributed by atoms with Gasteiger partial charge in [-0.2, -0.15) is 0 Å². The first kappa shape index (κ1) is 18.3. The molecule has 4 heterocycles. The van der Waals surface area contributed by atoms with Gasteiger partial charge in [0.2, 0.25) is 5.71 Å².